The zero-order valence-corrected chi connectivity index (χ0v) is 20.5. The molecular weight excluding hydrogens is 449 g/mol. The highest BCUT2D eigenvalue weighted by Crippen LogP contribution is 2.34. The number of hydrogen-bond acceptors (Lipinski definition) is 4. The molecule has 174 valence electrons. The number of benzene rings is 3. The maximum Gasteiger partial charge on any atom is 0.163 e. The van der Waals surface area contributed by atoms with Crippen molar-refractivity contribution < 1.29 is 9.18 Å². The van der Waals surface area contributed by atoms with Gasteiger partial charge in [0.2, 0.25) is 0 Å². The Balaban J connectivity index is 1.77. The number of aromatic nitrogens is 1. The summed E-state index contributed by atoms with van der Waals surface area (Å²) in [4.78, 5) is 19.1. The lowest BCUT2D eigenvalue weighted by molar-refractivity contribution is 0.101. The summed E-state index contributed by atoms with van der Waals surface area (Å²) < 4.78 is 14.4. The van der Waals surface area contributed by atoms with Crippen LogP contribution in [0.1, 0.15) is 28.4 Å². The van der Waals surface area contributed by atoms with E-state index in [1.165, 1.54) is 18.6 Å². The number of halogens is 2. The maximum absolute atomic E-state index is 14.4. The summed E-state index contributed by atoms with van der Waals surface area (Å²) in [5, 5.41) is 4.58. The van der Waals surface area contributed by atoms with Crippen molar-refractivity contribution in [2.75, 3.05) is 26.0 Å². The largest absolute Gasteiger partial charge is 0.354 e. The number of carbonyl (C=O) groups excluding carboxylic acids is 1. The molecule has 0 atom stereocenters. The molecule has 0 aliphatic rings. The third kappa shape index (κ3) is 5.11. The first-order chi connectivity index (χ1) is 16.2. The lowest BCUT2D eigenvalue weighted by Gasteiger charge is -2.15. The van der Waals surface area contributed by atoms with E-state index in [2.05, 4.69) is 41.4 Å². The van der Waals surface area contributed by atoms with E-state index in [4.69, 9.17) is 11.6 Å². The van der Waals surface area contributed by atoms with E-state index in [1.807, 2.05) is 30.3 Å². The van der Waals surface area contributed by atoms with Crippen molar-refractivity contribution in [1.82, 2.24) is 9.88 Å². The molecule has 0 radical (unpaired) electrons. The molecule has 3 aromatic carbocycles. The highest BCUT2D eigenvalue weighted by Gasteiger charge is 2.15. The molecule has 4 rings (SSSR count). The first kappa shape index (κ1) is 23.9. The van der Waals surface area contributed by atoms with Crippen molar-refractivity contribution in [3.05, 3.63) is 88.3 Å². The van der Waals surface area contributed by atoms with Crippen molar-refractivity contribution in [1.29, 1.82) is 0 Å². The number of pyridine rings is 1. The molecule has 4 aromatic rings. The summed E-state index contributed by atoms with van der Waals surface area (Å²) >= 11 is 6.23. The van der Waals surface area contributed by atoms with Gasteiger partial charge in [-0.05, 0) is 87.5 Å². The van der Waals surface area contributed by atoms with Gasteiger partial charge in [-0.2, -0.15) is 0 Å². The van der Waals surface area contributed by atoms with Crippen LogP contribution in [-0.4, -0.2) is 36.3 Å². The van der Waals surface area contributed by atoms with Gasteiger partial charge < -0.3 is 10.2 Å². The van der Waals surface area contributed by atoms with E-state index < -0.39 is 0 Å². The number of carbonyl (C=O) groups is 1. The molecule has 1 N–H and O–H groups in total. The zero-order valence-electron chi connectivity index (χ0n) is 19.7. The maximum atomic E-state index is 14.4. The van der Waals surface area contributed by atoms with Crippen LogP contribution in [0.5, 0.6) is 0 Å². The minimum Gasteiger partial charge on any atom is -0.354 e. The Morgan fingerprint density at radius 1 is 1.06 bits per heavy atom. The van der Waals surface area contributed by atoms with E-state index in [-0.39, 0.29) is 11.6 Å². The average Bonchev–Trinajstić information content (AvgIpc) is 2.81. The van der Waals surface area contributed by atoms with Gasteiger partial charge >= 0.3 is 0 Å². The van der Waals surface area contributed by atoms with Gasteiger partial charge in [0.15, 0.2) is 5.78 Å². The van der Waals surface area contributed by atoms with Crippen molar-refractivity contribution in [2.24, 2.45) is 0 Å². The van der Waals surface area contributed by atoms with E-state index in [0.717, 1.165) is 35.1 Å². The molecule has 0 saturated heterocycles. The van der Waals surface area contributed by atoms with Gasteiger partial charge in [-0.1, -0.05) is 29.8 Å². The monoisotopic (exact) mass is 475 g/mol. The van der Waals surface area contributed by atoms with Crippen molar-refractivity contribution in [3.63, 3.8) is 0 Å². The molecule has 0 bridgehead atoms. The molecule has 34 heavy (non-hydrogen) atoms. The van der Waals surface area contributed by atoms with E-state index >= 15 is 0 Å². The highest BCUT2D eigenvalue weighted by atomic mass is 35.5. The van der Waals surface area contributed by atoms with Crippen LogP contribution < -0.4 is 5.32 Å². The molecule has 4 nitrogen and oxygen atoms in total. The first-order valence-electron chi connectivity index (χ1n) is 11.1. The Morgan fingerprint density at radius 2 is 1.79 bits per heavy atom. The number of nitrogens with one attached hydrogen (secondary N) is 1. The second-order valence-electron chi connectivity index (χ2n) is 8.78. The molecule has 0 aliphatic carbocycles. The number of hydrogen-bond donors (Lipinski definition) is 1. The molecule has 0 aliphatic heterocycles. The molecule has 6 heteroatoms. The van der Waals surface area contributed by atoms with Gasteiger partial charge in [0.1, 0.15) is 5.82 Å². The third-order valence-corrected chi connectivity index (χ3v) is 6.33. The predicted octanol–water partition coefficient (Wildman–Crippen LogP) is 7.05. The molecule has 0 fully saturated rings. The SMILES string of the molecule is CC(=O)c1cnc2ccc(-c3cc(F)c(C)c(Cl)c3)cc2c1Nc1ccc(CCN(C)C)cc1. The summed E-state index contributed by atoms with van der Waals surface area (Å²) in [7, 11) is 4.11. The number of anilines is 2. The van der Waals surface area contributed by atoms with Crippen LogP contribution in [0.3, 0.4) is 0 Å². The topological polar surface area (TPSA) is 45.2 Å². The van der Waals surface area contributed by atoms with Crippen molar-refractivity contribution in [3.8, 4) is 11.1 Å². The molecule has 0 saturated carbocycles. The van der Waals surface area contributed by atoms with Crippen LogP contribution in [0.15, 0.2) is 60.8 Å². The molecule has 0 amide bonds. The molecule has 1 aromatic heterocycles. The highest BCUT2D eigenvalue weighted by molar-refractivity contribution is 6.31. The molecular formula is C28H27ClFN3O. The van der Waals surface area contributed by atoms with Crippen LogP contribution in [0.2, 0.25) is 5.02 Å². The molecule has 0 spiro atoms. The third-order valence-electron chi connectivity index (χ3n) is 5.93. The Hall–Kier alpha value is -3.28. The minimum atomic E-state index is -0.356. The minimum absolute atomic E-state index is 0.0886. The summed E-state index contributed by atoms with van der Waals surface area (Å²) in [5.74, 6) is -0.444. The summed E-state index contributed by atoms with van der Waals surface area (Å²) in [6.07, 6.45) is 2.56. The molecule has 0 unspecified atom stereocenters. The van der Waals surface area contributed by atoms with Crippen LogP contribution in [-0.2, 0) is 6.42 Å². The van der Waals surface area contributed by atoms with Crippen molar-refractivity contribution in [2.45, 2.75) is 20.3 Å². The lowest BCUT2D eigenvalue weighted by atomic mass is 9.99. The Morgan fingerprint density at radius 3 is 2.44 bits per heavy atom. The summed E-state index contributed by atoms with van der Waals surface area (Å²) in [5.41, 5.74) is 5.90. The van der Waals surface area contributed by atoms with Crippen LogP contribution in [0.25, 0.3) is 22.0 Å². The lowest BCUT2D eigenvalue weighted by Crippen LogP contribution is -2.14. The Kier molecular flexibility index (Phi) is 6.96. The van der Waals surface area contributed by atoms with E-state index in [9.17, 15) is 9.18 Å². The average molecular weight is 476 g/mol. The van der Waals surface area contributed by atoms with Gasteiger partial charge in [0.05, 0.1) is 16.8 Å². The zero-order chi connectivity index (χ0) is 24.4. The molecule has 1 heterocycles. The second-order valence-corrected chi connectivity index (χ2v) is 9.18. The van der Waals surface area contributed by atoms with Crippen LogP contribution in [0, 0.1) is 12.7 Å². The van der Waals surface area contributed by atoms with Gasteiger partial charge in [0.25, 0.3) is 0 Å². The summed E-state index contributed by atoms with van der Waals surface area (Å²) in [6.45, 7) is 4.15. The number of Topliss-reactive ketones (excluding diaryl/α,β-unsaturated/α-hetero) is 1. The van der Waals surface area contributed by atoms with Gasteiger partial charge in [-0.15, -0.1) is 0 Å². The first-order valence-corrected chi connectivity index (χ1v) is 11.5. The number of likely N-dealkylation sites (N-methyl/N-ethyl adjacent to an activating group) is 1. The van der Waals surface area contributed by atoms with Crippen LogP contribution in [0.4, 0.5) is 15.8 Å². The Bertz CT molecular complexity index is 1340. The smallest absolute Gasteiger partial charge is 0.163 e. The van der Waals surface area contributed by atoms with Gasteiger partial charge in [-0.3, -0.25) is 9.78 Å². The van der Waals surface area contributed by atoms with Gasteiger partial charge in [0, 0.05) is 34.4 Å². The second kappa shape index (κ2) is 9.92. The fourth-order valence-corrected chi connectivity index (χ4v) is 4.05. The number of rotatable bonds is 7. The van der Waals surface area contributed by atoms with Crippen LogP contribution >= 0.6 is 11.6 Å². The predicted molar refractivity (Wildman–Crippen MR) is 139 cm³/mol. The fourth-order valence-electron chi connectivity index (χ4n) is 3.84. The fraction of sp³-hybridized carbons (Fsp3) is 0.214. The number of nitrogens with zero attached hydrogens (tertiary/aromatic N) is 2. The standard InChI is InChI=1S/C28H27ClFN3O/c1-17-25(29)14-21(15-26(17)30)20-7-10-27-23(13-20)28(24(16-31-27)18(2)34)32-22-8-5-19(6-9-22)11-12-33(3)4/h5-10,13-16H,11-12H2,1-4H3,(H,31,32). The van der Waals surface area contributed by atoms with Gasteiger partial charge in [-0.25, -0.2) is 4.39 Å². The van der Waals surface area contributed by atoms with E-state index in [0.29, 0.717) is 27.4 Å². The van der Waals surface area contributed by atoms with Crippen molar-refractivity contribution >= 4 is 39.7 Å². The Labute approximate surface area is 204 Å². The normalized spacial score (nSPS) is 11.3. The number of ketones is 1. The quantitative estimate of drug-likeness (QED) is 0.291. The number of fused-ring (bicyclic) bond motifs is 1. The summed E-state index contributed by atoms with van der Waals surface area (Å²) in [6, 6.07) is 17.1. The van der Waals surface area contributed by atoms with E-state index in [1.54, 1.807) is 19.2 Å².